The summed E-state index contributed by atoms with van der Waals surface area (Å²) in [5.74, 6) is 3.03. The van der Waals surface area contributed by atoms with Crippen LogP contribution in [0.25, 0.3) is 0 Å². The van der Waals surface area contributed by atoms with Crippen molar-refractivity contribution in [3.05, 3.63) is 0 Å². The first-order valence-corrected chi connectivity index (χ1v) is 6.44. The van der Waals surface area contributed by atoms with Crippen molar-refractivity contribution in [2.45, 2.75) is 6.42 Å². The molecule has 2 aliphatic heterocycles. The highest BCUT2D eigenvalue weighted by atomic mass is 15.2. The highest BCUT2D eigenvalue weighted by Gasteiger charge is 2.44. The SMILES string of the molecule is CN1CCN(CC2C3CNCC2C3)CC1. The molecule has 1 N–H and O–H groups in total. The van der Waals surface area contributed by atoms with Crippen molar-refractivity contribution in [2.75, 3.05) is 52.9 Å². The van der Waals surface area contributed by atoms with Gasteiger partial charge < -0.3 is 15.1 Å². The number of nitrogens with one attached hydrogen (secondary N) is 1. The van der Waals surface area contributed by atoms with Crippen LogP contribution in [0, 0.1) is 17.8 Å². The van der Waals surface area contributed by atoms with Crippen molar-refractivity contribution in [2.24, 2.45) is 17.8 Å². The average molecular weight is 209 g/mol. The van der Waals surface area contributed by atoms with Gasteiger partial charge in [-0.3, -0.25) is 0 Å². The summed E-state index contributed by atoms with van der Waals surface area (Å²) in [6.07, 6.45) is 1.51. The fourth-order valence-corrected chi connectivity index (χ4v) is 3.48. The zero-order valence-electron chi connectivity index (χ0n) is 9.78. The zero-order valence-corrected chi connectivity index (χ0v) is 9.78. The molecule has 2 saturated heterocycles. The second-order valence-electron chi connectivity index (χ2n) is 5.68. The lowest BCUT2D eigenvalue weighted by Crippen LogP contribution is -2.58. The van der Waals surface area contributed by atoms with Crippen molar-refractivity contribution in [1.82, 2.24) is 15.1 Å². The highest BCUT2D eigenvalue weighted by Crippen LogP contribution is 2.42. The van der Waals surface area contributed by atoms with Crippen molar-refractivity contribution in [3.63, 3.8) is 0 Å². The number of nitrogens with zero attached hydrogens (tertiary/aromatic N) is 2. The number of rotatable bonds is 2. The quantitative estimate of drug-likeness (QED) is 0.695. The summed E-state index contributed by atoms with van der Waals surface area (Å²) in [5, 5.41) is 3.53. The Balaban J connectivity index is 1.49. The van der Waals surface area contributed by atoms with Gasteiger partial charge >= 0.3 is 0 Å². The van der Waals surface area contributed by atoms with Gasteiger partial charge in [0.05, 0.1) is 0 Å². The molecule has 86 valence electrons. The van der Waals surface area contributed by atoms with E-state index < -0.39 is 0 Å². The molecule has 0 spiro atoms. The number of hydrogen-bond donors (Lipinski definition) is 1. The Bertz CT molecular complexity index is 209. The van der Waals surface area contributed by atoms with Crippen molar-refractivity contribution in [3.8, 4) is 0 Å². The maximum Gasteiger partial charge on any atom is 0.0110 e. The molecule has 0 amide bonds. The summed E-state index contributed by atoms with van der Waals surface area (Å²) < 4.78 is 0. The van der Waals surface area contributed by atoms with Crippen LogP contribution in [0.5, 0.6) is 0 Å². The lowest BCUT2D eigenvalue weighted by atomic mass is 9.62. The standard InChI is InChI=1S/C12H23N3/c1-14-2-4-15(5-3-14)9-12-10-6-11(12)8-13-7-10/h10-13H,2-9H2,1H3. The van der Waals surface area contributed by atoms with Crippen molar-refractivity contribution >= 4 is 0 Å². The van der Waals surface area contributed by atoms with E-state index in [4.69, 9.17) is 0 Å². The second kappa shape index (κ2) is 4.04. The zero-order chi connectivity index (χ0) is 10.3. The van der Waals surface area contributed by atoms with Crippen molar-refractivity contribution < 1.29 is 0 Å². The summed E-state index contributed by atoms with van der Waals surface area (Å²) in [7, 11) is 2.24. The van der Waals surface area contributed by atoms with E-state index in [-0.39, 0.29) is 0 Å². The predicted octanol–water partition coefficient (Wildman–Crippen LogP) is 0.0893. The molecule has 0 radical (unpaired) electrons. The van der Waals surface area contributed by atoms with E-state index in [0.717, 1.165) is 17.8 Å². The molecule has 2 atom stereocenters. The average Bonchev–Trinajstić information content (AvgIpc) is 2.29. The molecular formula is C12H23N3. The van der Waals surface area contributed by atoms with E-state index in [9.17, 15) is 0 Å². The predicted molar refractivity (Wildman–Crippen MR) is 61.9 cm³/mol. The number of piperidine rings is 2. The van der Waals surface area contributed by atoms with Crippen LogP contribution in [-0.4, -0.2) is 62.7 Å². The van der Waals surface area contributed by atoms with Gasteiger partial charge in [0.25, 0.3) is 0 Å². The third kappa shape index (κ3) is 1.93. The Morgan fingerprint density at radius 3 is 2.33 bits per heavy atom. The fraction of sp³-hybridized carbons (Fsp3) is 1.00. The van der Waals surface area contributed by atoms with Crippen LogP contribution in [0.4, 0.5) is 0 Å². The van der Waals surface area contributed by atoms with Gasteiger partial charge in [0.2, 0.25) is 0 Å². The Morgan fingerprint density at radius 1 is 1.07 bits per heavy atom. The lowest BCUT2D eigenvalue weighted by molar-refractivity contribution is -0.00511. The number of hydrogen-bond acceptors (Lipinski definition) is 3. The Hall–Kier alpha value is -0.120. The van der Waals surface area contributed by atoms with E-state index in [1.165, 1.54) is 52.2 Å². The van der Waals surface area contributed by atoms with Gasteiger partial charge in [-0.05, 0) is 44.3 Å². The second-order valence-corrected chi connectivity index (χ2v) is 5.68. The van der Waals surface area contributed by atoms with E-state index >= 15 is 0 Å². The lowest BCUT2D eigenvalue weighted by Gasteiger charge is -2.52. The molecule has 0 aromatic carbocycles. The van der Waals surface area contributed by atoms with Crippen LogP contribution < -0.4 is 5.32 Å². The first-order valence-electron chi connectivity index (χ1n) is 6.44. The van der Waals surface area contributed by atoms with E-state index in [0.29, 0.717) is 0 Å². The largest absolute Gasteiger partial charge is 0.316 e. The highest BCUT2D eigenvalue weighted by molar-refractivity contribution is 4.97. The van der Waals surface area contributed by atoms with Gasteiger partial charge in [-0.1, -0.05) is 0 Å². The smallest absolute Gasteiger partial charge is 0.0110 e. The molecular weight excluding hydrogens is 186 g/mol. The minimum Gasteiger partial charge on any atom is -0.316 e. The molecule has 1 aliphatic carbocycles. The molecule has 2 heterocycles. The van der Waals surface area contributed by atoms with Gasteiger partial charge in [-0.25, -0.2) is 0 Å². The van der Waals surface area contributed by atoms with Crippen LogP contribution >= 0.6 is 0 Å². The summed E-state index contributed by atoms with van der Waals surface area (Å²) in [6, 6.07) is 0. The van der Waals surface area contributed by atoms with Crippen LogP contribution in [0.2, 0.25) is 0 Å². The molecule has 15 heavy (non-hydrogen) atoms. The summed E-state index contributed by atoms with van der Waals surface area (Å²) in [4.78, 5) is 5.13. The maximum atomic E-state index is 3.53. The summed E-state index contributed by atoms with van der Waals surface area (Å²) in [6.45, 7) is 9.06. The number of piperazine rings is 1. The molecule has 2 bridgehead atoms. The number of fused-ring (bicyclic) bond motifs is 2. The third-order valence-corrected chi connectivity index (χ3v) is 4.69. The van der Waals surface area contributed by atoms with Crippen LogP contribution in [-0.2, 0) is 0 Å². The first-order chi connectivity index (χ1) is 7.33. The van der Waals surface area contributed by atoms with E-state index in [2.05, 4.69) is 22.2 Å². The van der Waals surface area contributed by atoms with Gasteiger partial charge in [0, 0.05) is 32.7 Å². The van der Waals surface area contributed by atoms with Crippen LogP contribution in [0.1, 0.15) is 6.42 Å². The number of likely N-dealkylation sites (N-methyl/N-ethyl adjacent to an activating group) is 1. The van der Waals surface area contributed by atoms with E-state index in [1.807, 2.05) is 0 Å². The van der Waals surface area contributed by atoms with Gasteiger partial charge in [-0.2, -0.15) is 0 Å². The molecule has 0 aromatic heterocycles. The van der Waals surface area contributed by atoms with Gasteiger partial charge in [-0.15, -0.1) is 0 Å². The molecule has 3 aliphatic rings. The van der Waals surface area contributed by atoms with Crippen LogP contribution in [0.3, 0.4) is 0 Å². The Morgan fingerprint density at radius 2 is 1.73 bits per heavy atom. The van der Waals surface area contributed by atoms with Crippen LogP contribution in [0.15, 0.2) is 0 Å². The molecule has 3 nitrogen and oxygen atoms in total. The third-order valence-electron chi connectivity index (χ3n) is 4.69. The first kappa shape index (κ1) is 10.1. The Labute approximate surface area is 92.8 Å². The molecule has 2 unspecified atom stereocenters. The summed E-state index contributed by atoms with van der Waals surface area (Å²) in [5.41, 5.74) is 0. The topological polar surface area (TPSA) is 18.5 Å². The fourth-order valence-electron chi connectivity index (χ4n) is 3.48. The van der Waals surface area contributed by atoms with Gasteiger partial charge in [0.15, 0.2) is 0 Å². The molecule has 0 aromatic rings. The molecule has 3 rings (SSSR count). The van der Waals surface area contributed by atoms with Crippen molar-refractivity contribution in [1.29, 1.82) is 0 Å². The minimum atomic E-state index is 1.00. The monoisotopic (exact) mass is 209 g/mol. The minimum absolute atomic E-state index is 1.00. The summed E-state index contributed by atoms with van der Waals surface area (Å²) >= 11 is 0. The molecule has 3 heteroatoms. The van der Waals surface area contributed by atoms with E-state index in [1.54, 1.807) is 0 Å². The normalized spacial score (nSPS) is 42.6. The Kier molecular flexibility index (Phi) is 2.71. The maximum absolute atomic E-state index is 3.53. The van der Waals surface area contributed by atoms with Gasteiger partial charge in [0.1, 0.15) is 0 Å². The molecule has 1 saturated carbocycles. The molecule has 3 fully saturated rings.